The zero-order valence-corrected chi connectivity index (χ0v) is 17.7. The molecule has 0 fully saturated rings. The van der Waals surface area contributed by atoms with E-state index < -0.39 is 0 Å². The first kappa shape index (κ1) is 19.0. The predicted octanol–water partition coefficient (Wildman–Crippen LogP) is 7.23. The number of hydrogen-bond donors (Lipinski definition) is 0. The summed E-state index contributed by atoms with van der Waals surface area (Å²) < 4.78 is 0.991. The van der Waals surface area contributed by atoms with Crippen LogP contribution in [0.4, 0.5) is 5.69 Å². The highest BCUT2D eigenvalue weighted by atomic mass is 79.9. The Kier molecular flexibility index (Phi) is 5.40. The largest absolute Gasteiger partial charge is 0.276 e. The Morgan fingerprint density at radius 3 is 2.25 bits per heavy atom. The predicted molar refractivity (Wildman–Crippen MR) is 120 cm³/mol. The minimum atomic E-state index is -0.111. The molecule has 0 saturated carbocycles. The first-order valence-corrected chi connectivity index (χ1v) is 10.1. The van der Waals surface area contributed by atoms with E-state index in [1.165, 1.54) is 0 Å². The van der Waals surface area contributed by atoms with Crippen molar-refractivity contribution in [3.63, 3.8) is 0 Å². The van der Waals surface area contributed by atoms with E-state index in [2.05, 4.69) is 15.9 Å². The van der Waals surface area contributed by atoms with Gasteiger partial charge in [0.15, 0.2) is 0 Å². The standard InChI is InChI=1S/C23H14BrCl2NO/c24-18-8-6-15(7-9-18)12-17-13-22(16-4-2-1-3-5-16)27(23(17)28)19-10-11-20(25)21(26)14-19/h1-14H/b17-12+. The second kappa shape index (κ2) is 7.96. The molecule has 0 unspecified atom stereocenters. The Morgan fingerprint density at radius 2 is 1.57 bits per heavy atom. The van der Waals surface area contributed by atoms with Crippen LogP contribution < -0.4 is 4.90 Å². The minimum Gasteiger partial charge on any atom is -0.276 e. The summed E-state index contributed by atoms with van der Waals surface area (Å²) in [7, 11) is 0. The first-order valence-electron chi connectivity index (χ1n) is 8.57. The van der Waals surface area contributed by atoms with Crippen LogP contribution in [0.15, 0.2) is 88.9 Å². The highest BCUT2D eigenvalue weighted by Gasteiger charge is 2.30. The summed E-state index contributed by atoms with van der Waals surface area (Å²) in [6, 6.07) is 22.8. The molecule has 3 aromatic carbocycles. The van der Waals surface area contributed by atoms with Gasteiger partial charge in [-0.3, -0.25) is 9.69 Å². The van der Waals surface area contributed by atoms with E-state index in [4.69, 9.17) is 23.2 Å². The Bertz CT molecular complexity index is 1110. The highest BCUT2D eigenvalue weighted by molar-refractivity contribution is 9.10. The third kappa shape index (κ3) is 3.79. The second-order valence-electron chi connectivity index (χ2n) is 6.29. The normalized spacial score (nSPS) is 15.2. The lowest BCUT2D eigenvalue weighted by Gasteiger charge is -2.21. The van der Waals surface area contributed by atoms with Crippen LogP contribution in [0, 0.1) is 0 Å². The van der Waals surface area contributed by atoms with Gasteiger partial charge in [-0.25, -0.2) is 0 Å². The van der Waals surface area contributed by atoms with Gasteiger partial charge in [0.05, 0.1) is 21.4 Å². The fourth-order valence-electron chi connectivity index (χ4n) is 3.06. The summed E-state index contributed by atoms with van der Waals surface area (Å²) in [5.74, 6) is -0.111. The first-order chi connectivity index (χ1) is 13.5. The molecule has 1 aliphatic heterocycles. The fraction of sp³-hybridized carbons (Fsp3) is 0. The molecule has 0 aliphatic carbocycles. The van der Waals surface area contributed by atoms with Gasteiger partial charge in [0.2, 0.25) is 0 Å². The van der Waals surface area contributed by atoms with E-state index in [-0.39, 0.29) is 5.91 Å². The van der Waals surface area contributed by atoms with Gasteiger partial charge < -0.3 is 0 Å². The van der Waals surface area contributed by atoms with Crippen molar-refractivity contribution in [3.8, 4) is 0 Å². The summed E-state index contributed by atoms with van der Waals surface area (Å²) in [5, 5.41) is 0.859. The summed E-state index contributed by atoms with van der Waals surface area (Å²) in [6.07, 6.45) is 3.79. The molecule has 0 saturated heterocycles. The highest BCUT2D eigenvalue weighted by Crippen LogP contribution is 2.37. The van der Waals surface area contributed by atoms with E-state index in [1.54, 1.807) is 23.1 Å². The zero-order valence-electron chi connectivity index (χ0n) is 14.6. The molecule has 2 nitrogen and oxygen atoms in total. The van der Waals surface area contributed by atoms with Gasteiger partial charge in [0.25, 0.3) is 5.91 Å². The SMILES string of the molecule is O=C1/C(=C/c2ccc(Br)cc2)C=C(c2ccccc2)N1c1ccc(Cl)c(Cl)c1. The average Bonchev–Trinajstić information content (AvgIpc) is 3.03. The van der Waals surface area contributed by atoms with E-state index in [9.17, 15) is 4.79 Å². The Labute approximate surface area is 181 Å². The van der Waals surface area contributed by atoms with Gasteiger partial charge >= 0.3 is 0 Å². The quantitative estimate of drug-likeness (QED) is 0.370. The van der Waals surface area contributed by atoms with Crippen LogP contribution >= 0.6 is 39.1 Å². The molecule has 0 N–H and O–H groups in total. The van der Waals surface area contributed by atoms with Gasteiger partial charge in [-0.15, -0.1) is 0 Å². The third-order valence-corrected chi connectivity index (χ3v) is 5.67. The lowest BCUT2D eigenvalue weighted by Crippen LogP contribution is -2.24. The monoisotopic (exact) mass is 469 g/mol. The Balaban J connectivity index is 1.82. The average molecular weight is 471 g/mol. The smallest absolute Gasteiger partial charge is 0.262 e. The van der Waals surface area contributed by atoms with Crippen LogP contribution in [0.2, 0.25) is 10.0 Å². The maximum atomic E-state index is 13.3. The van der Waals surface area contributed by atoms with Crippen molar-refractivity contribution < 1.29 is 4.79 Å². The molecule has 0 bridgehead atoms. The van der Waals surface area contributed by atoms with E-state index in [1.807, 2.05) is 66.7 Å². The molecule has 1 heterocycles. The van der Waals surface area contributed by atoms with E-state index >= 15 is 0 Å². The van der Waals surface area contributed by atoms with Gasteiger partial charge in [0.1, 0.15) is 0 Å². The summed E-state index contributed by atoms with van der Waals surface area (Å²) in [6.45, 7) is 0. The number of benzene rings is 3. The van der Waals surface area contributed by atoms with Crippen LogP contribution in [-0.4, -0.2) is 5.91 Å². The molecule has 28 heavy (non-hydrogen) atoms. The van der Waals surface area contributed by atoms with Crippen molar-refractivity contribution in [2.24, 2.45) is 0 Å². The molecule has 3 aromatic rings. The Hall–Kier alpha value is -2.33. The number of anilines is 1. The summed E-state index contributed by atoms with van der Waals surface area (Å²) >= 11 is 15.7. The number of amides is 1. The number of carbonyl (C=O) groups is 1. The van der Waals surface area contributed by atoms with Crippen molar-refractivity contribution in [3.05, 3.63) is 110 Å². The van der Waals surface area contributed by atoms with E-state index in [0.717, 1.165) is 21.3 Å². The molecular weight excluding hydrogens is 457 g/mol. The number of nitrogens with zero attached hydrogens (tertiary/aromatic N) is 1. The van der Waals surface area contributed by atoms with Crippen molar-refractivity contribution in [1.82, 2.24) is 0 Å². The number of rotatable bonds is 3. The molecule has 1 amide bonds. The molecule has 4 rings (SSSR count). The molecule has 0 atom stereocenters. The Morgan fingerprint density at radius 1 is 0.857 bits per heavy atom. The fourth-order valence-corrected chi connectivity index (χ4v) is 3.61. The second-order valence-corrected chi connectivity index (χ2v) is 8.02. The van der Waals surface area contributed by atoms with Crippen LogP contribution in [0.1, 0.15) is 11.1 Å². The molecule has 138 valence electrons. The lowest BCUT2D eigenvalue weighted by atomic mass is 10.1. The molecule has 0 radical (unpaired) electrons. The third-order valence-electron chi connectivity index (χ3n) is 4.41. The van der Waals surface area contributed by atoms with Gasteiger partial charge in [0, 0.05) is 10.0 Å². The minimum absolute atomic E-state index is 0.111. The number of carbonyl (C=O) groups excluding carboxylic acids is 1. The molecule has 0 aromatic heterocycles. The van der Waals surface area contributed by atoms with Crippen LogP contribution in [-0.2, 0) is 4.79 Å². The van der Waals surface area contributed by atoms with Gasteiger partial charge in [-0.2, -0.15) is 0 Å². The molecule has 1 aliphatic rings. The summed E-state index contributed by atoms with van der Waals surface area (Å²) in [4.78, 5) is 14.9. The van der Waals surface area contributed by atoms with Gasteiger partial charge in [-0.1, -0.05) is 81.6 Å². The van der Waals surface area contributed by atoms with Crippen LogP contribution in [0.3, 0.4) is 0 Å². The molecular formula is C23H14BrCl2NO. The van der Waals surface area contributed by atoms with E-state index in [0.29, 0.717) is 21.3 Å². The van der Waals surface area contributed by atoms with Crippen molar-refractivity contribution in [2.45, 2.75) is 0 Å². The van der Waals surface area contributed by atoms with Crippen molar-refractivity contribution >= 4 is 62.5 Å². The number of halogens is 3. The van der Waals surface area contributed by atoms with Crippen LogP contribution in [0.5, 0.6) is 0 Å². The molecule has 0 spiro atoms. The van der Waals surface area contributed by atoms with Gasteiger partial charge in [-0.05, 0) is 53.6 Å². The van der Waals surface area contributed by atoms with Crippen molar-refractivity contribution in [1.29, 1.82) is 0 Å². The lowest BCUT2D eigenvalue weighted by molar-refractivity contribution is -0.113. The van der Waals surface area contributed by atoms with Crippen molar-refractivity contribution in [2.75, 3.05) is 4.90 Å². The topological polar surface area (TPSA) is 20.3 Å². The zero-order chi connectivity index (χ0) is 19.7. The molecule has 5 heteroatoms. The van der Waals surface area contributed by atoms with Crippen LogP contribution in [0.25, 0.3) is 11.8 Å². The number of hydrogen-bond acceptors (Lipinski definition) is 1. The summed E-state index contributed by atoms with van der Waals surface area (Å²) in [5.41, 5.74) is 3.97. The maximum absolute atomic E-state index is 13.3. The maximum Gasteiger partial charge on any atom is 0.262 e.